The van der Waals surface area contributed by atoms with Crippen LogP contribution in [0.15, 0.2) is 108 Å². The number of anilines is 1. The first-order valence-electron chi connectivity index (χ1n) is 15.0. The van der Waals surface area contributed by atoms with Gasteiger partial charge >= 0.3 is 0 Å². The van der Waals surface area contributed by atoms with Gasteiger partial charge in [0.15, 0.2) is 11.5 Å². The van der Waals surface area contributed by atoms with Crippen molar-refractivity contribution in [2.24, 2.45) is 0 Å². The zero-order valence-electron chi connectivity index (χ0n) is 25.6. The maximum atomic E-state index is 14.5. The molecule has 9 nitrogen and oxygen atoms in total. The van der Waals surface area contributed by atoms with Crippen molar-refractivity contribution in [2.75, 3.05) is 24.1 Å². The van der Waals surface area contributed by atoms with Gasteiger partial charge in [0.05, 0.1) is 10.6 Å². The Morgan fingerprint density at radius 2 is 1.46 bits per heavy atom. The van der Waals surface area contributed by atoms with Crippen LogP contribution in [0.3, 0.4) is 0 Å². The second-order valence-electron chi connectivity index (χ2n) is 11.2. The van der Waals surface area contributed by atoms with Gasteiger partial charge in [-0.05, 0) is 61.4 Å². The Morgan fingerprint density at radius 1 is 0.826 bits per heavy atom. The molecule has 0 radical (unpaired) electrons. The van der Waals surface area contributed by atoms with Crippen LogP contribution in [0.2, 0.25) is 0 Å². The third-order valence-corrected chi connectivity index (χ3v) is 9.18. The molecular formula is C35H36FN3O6S. The van der Waals surface area contributed by atoms with Gasteiger partial charge in [0.2, 0.25) is 11.8 Å². The summed E-state index contributed by atoms with van der Waals surface area (Å²) in [6, 6.07) is 26.1. The van der Waals surface area contributed by atoms with Crippen LogP contribution in [-0.2, 0) is 32.6 Å². The first-order chi connectivity index (χ1) is 22.1. The molecule has 1 aliphatic rings. The minimum atomic E-state index is -4.27. The lowest BCUT2D eigenvalue weighted by molar-refractivity contribution is -0.140. The molecular weight excluding hydrogens is 609 g/mol. The Labute approximate surface area is 268 Å². The van der Waals surface area contributed by atoms with Crippen LogP contribution in [0, 0.1) is 5.82 Å². The van der Waals surface area contributed by atoms with E-state index in [4.69, 9.17) is 9.47 Å². The van der Waals surface area contributed by atoms with Crippen molar-refractivity contribution in [1.29, 1.82) is 0 Å². The minimum absolute atomic E-state index is 0.0128. The average Bonchev–Trinajstić information content (AvgIpc) is 3.06. The summed E-state index contributed by atoms with van der Waals surface area (Å²) < 4.78 is 54.5. The van der Waals surface area contributed by atoms with E-state index in [2.05, 4.69) is 5.32 Å². The van der Waals surface area contributed by atoms with E-state index in [-0.39, 0.29) is 29.6 Å². The summed E-state index contributed by atoms with van der Waals surface area (Å²) in [5.41, 5.74) is 1.57. The molecule has 0 saturated carbocycles. The summed E-state index contributed by atoms with van der Waals surface area (Å²) in [7, 11) is -4.27. The maximum Gasteiger partial charge on any atom is 0.264 e. The number of benzene rings is 4. The van der Waals surface area contributed by atoms with E-state index in [1.165, 1.54) is 47.4 Å². The molecule has 5 rings (SSSR count). The number of rotatable bonds is 12. The highest BCUT2D eigenvalue weighted by atomic mass is 32.2. The number of carbonyl (C=O) groups is 2. The molecule has 0 fully saturated rings. The van der Waals surface area contributed by atoms with Crippen molar-refractivity contribution in [1.82, 2.24) is 10.2 Å². The second kappa shape index (κ2) is 14.5. The summed E-state index contributed by atoms with van der Waals surface area (Å²) in [6.45, 7) is 3.59. The molecule has 0 bridgehead atoms. The first kappa shape index (κ1) is 32.5. The monoisotopic (exact) mass is 645 g/mol. The number of fused-ring (bicyclic) bond motifs is 1. The Kier molecular flexibility index (Phi) is 10.2. The van der Waals surface area contributed by atoms with Crippen LogP contribution < -0.4 is 19.1 Å². The fourth-order valence-electron chi connectivity index (χ4n) is 5.16. The van der Waals surface area contributed by atoms with Gasteiger partial charge in [0, 0.05) is 25.1 Å². The standard InChI is InChI=1S/C35H36FN3O6S/c1-25(2)37-35(41)31(21-26-9-5-3-6-10-26)38(23-27-13-15-28(36)16-14-27)34(40)24-39(46(42,43)30-11-7-4-8-12-30)29-17-18-32-33(22-29)45-20-19-44-32/h3-18,22,25,31H,19-21,23-24H2,1-2H3,(H,37,41). The van der Waals surface area contributed by atoms with Gasteiger partial charge in [-0.25, -0.2) is 12.8 Å². The highest BCUT2D eigenvalue weighted by molar-refractivity contribution is 7.92. The molecule has 1 unspecified atom stereocenters. The molecule has 11 heteroatoms. The van der Waals surface area contributed by atoms with Crippen molar-refractivity contribution < 1.29 is 31.9 Å². The molecule has 4 aromatic carbocycles. The summed E-state index contributed by atoms with van der Waals surface area (Å²) in [5.74, 6) is -0.654. The number of ether oxygens (including phenoxy) is 2. The van der Waals surface area contributed by atoms with Gasteiger partial charge in [0.25, 0.3) is 10.0 Å². The Balaban J connectivity index is 1.58. The van der Waals surface area contributed by atoms with Gasteiger partial charge in [-0.1, -0.05) is 60.7 Å². The highest BCUT2D eigenvalue weighted by Crippen LogP contribution is 2.36. The zero-order valence-corrected chi connectivity index (χ0v) is 26.5. The Hall–Kier alpha value is -4.90. The van der Waals surface area contributed by atoms with Crippen LogP contribution in [0.1, 0.15) is 25.0 Å². The van der Waals surface area contributed by atoms with Crippen molar-refractivity contribution in [2.45, 2.75) is 43.8 Å². The van der Waals surface area contributed by atoms with E-state index < -0.39 is 40.2 Å². The number of nitrogens with zero attached hydrogens (tertiary/aromatic N) is 2. The van der Waals surface area contributed by atoms with E-state index in [0.29, 0.717) is 30.3 Å². The molecule has 0 aromatic heterocycles. The highest BCUT2D eigenvalue weighted by Gasteiger charge is 2.35. The normalized spacial score (nSPS) is 13.1. The average molecular weight is 646 g/mol. The molecule has 1 N–H and O–H groups in total. The minimum Gasteiger partial charge on any atom is -0.486 e. The Morgan fingerprint density at radius 3 is 2.11 bits per heavy atom. The van der Waals surface area contributed by atoms with Crippen molar-refractivity contribution in [3.05, 3.63) is 120 Å². The van der Waals surface area contributed by atoms with E-state index in [1.807, 2.05) is 44.2 Å². The second-order valence-corrected chi connectivity index (χ2v) is 13.0. The topological polar surface area (TPSA) is 105 Å². The number of hydrogen-bond donors (Lipinski definition) is 1. The smallest absolute Gasteiger partial charge is 0.264 e. The van der Waals surface area contributed by atoms with E-state index in [1.54, 1.807) is 30.3 Å². The van der Waals surface area contributed by atoms with E-state index in [9.17, 15) is 22.4 Å². The predicted molar refractivity (Wildman–Crippen MR) is 173 cm³/mol. The Bertz CT molecular complexity index is 1750. The first-order valence-corrected chi connectivity index (χ1v) is 16.4. The number of amides is 2. The largest absolute Gasteiger partial charge is 0.486 e. The molecule has 2 amide bonds. The molecule has 0 spiro atoms. The van der Waals surface area contributed by atoms with Crippen molar-refractivity contribution in [3.63, 3.8) is 0 Å². The van der Waals surface area contributed by atoms with Gasteiger partial charge in [0.1, 0.15) is 31.6 Å². The summed E-state index contributed by atoms with van der Waals surface area (Å²) in [4.78, 5) is 29.6. The number of halogens is 1. The number of carbonyl (C=O) groups excluding carboxylic acids is 2. The van der Waals surface area contributed by atoms with Crippen LogP contribution in [-0.4, -0.2) is 57.0 Å². The summed E-state index contributed by atoms with van der Waals surface area (Å²) >= 11 is 0. The van der Waals surface area contributed by atoms with Crippen molar-refractivity contribution >= 4 is 27.5 Å². The fraction of sp³-hybridized carbons (Fsp3) is 0.257. The van der Waals surface area contributed by atoms with Crippen LogP contribution in [0.5, 0.6) is 11.5 Å². The van der Waals surface area contributed by atoms with E-state index in [0.717, 1.165) is 9.87 Å². The summed E-state index contributed by atoms with van der Waals surface area (Å²) in [6.07, 6.45) is 0.168. The molecule has 1 heterocycles. The molecule has 240 valence electrons. The van der Waals surface area contributed by atoms with Crippen LogP contribution >= 0.6 is 0 Å². The van der Waals surface area contributed by atoms with Crippen molar-refractivity contribution in [3.8, 4) is 11.5 Å². The molecule has 4 aromatic rings. The molecule has 1 atom stereocenters. The third-order valence-electron chi connectivity index (χ3n) is 7.39. The maximum absolute atomic E-state index is 14.5. The lowest BCUT2D eigenvalue weighted by Gasteiger charge is -2.34. The number of sulfonamides is 1. The SMILES string of the molecule is CC(C)NC(=O)C(Cc1ccccc1)N(Cc1ccc(F)cc1)C(=O)CN(c1ccc2c(c1)OCCO2)S(=O)(=O)c1ccccc1. The lowest BCUT2D eigenvalue weighted by Crippen LogP contribution is -2.54. The third kappa shape index (κ3) is 7.84. The zero-order chi connectivity index (χ0) is 32.7. The van der Waals surface area contributed by atoms with Gasteiger partial charge in [-0.15, -0.1) is 0 Å². The lowest BCUT2D eigenvalue weighted by atomic mass is 10.0. The molecule has 0 saturated heterocycles. The van der Waals surface area contributed by atoms with Crippen LogP contribution in [0.25, 0.3) is 0 Å². The molecule has 1 aliphatic heterocycles. The quantitative estimate of drug-likeness (QED) is 0.234. The van der Waals surface area contributed by atoms with Crippen LogP contribution in [0.4, 0.5) is 10.1 Å². The van der Waals surface area contributed by atoms with Gasteiger partial charge in [-0.2, -0.15) is 0 Å². The van der Waals surface area contributed by atoms with Gasteiger partial charge < -0.3 is 19.7 Å². The molecule has 46 heavy (non-hydrogen) atoms. The predicted octanol–water partition coefficient (Wildman–Crippen LogP) is 4.96. The number of nitrogens with one attached hydrogen (secondary N) is 1. The fourth-order valence-corrected chi connectivity index (χ4v) is 6.58. The van der Waals surface area contributed by atoms with Gasteiger partial charge in [-0.3, -0.25) is 13.9 Å². The van der Waals surface area contributed by atoms with E-state index >= 15 is 0 Å². The summed E-state index contributed by atoms with van der Waals surface area (Å²) in [5, 5.41) is 2.91. The molecule has 0 aliphatic carbocycles. The number of hydrogen-bond acceptors (Lipinski definition) is 6.